The zero-order chi connectivity index (χ0) is 16.8. The van der Waals surface area contributed by atoms with Crippen LogP contribution in [0.4, 0.5) is 8.78 Å². The van der Waals surface area contributed by atoms with E-state index in [9.17, 15) is 13.6 Å². The maximum Gasteiger partial charge on any atom is 0.275 e. The molecule has 0 spiro atoms. The van der Waals surface area contributed by atoms with Crippen LogP contribution in [-0.4, -0.2) is 12.5 Å². The van der Waals surface area contributed by atoms with Crippen LogP contribution < -0.4 is 10.6 Å². The summed E-state index contributed by atoms with van der Waals surface area (Å²) < 4.78 is 26.2. The van der Waals surface area contributed by atoms with E-state index in [1.807, 2.05) is 44.2 Å². The lowest BCUT2D eigenvalue weighted by Gasteiger charge is -2.15. The number of nitrogens with two attached hydrogens (primary N) is 1. The highest BCUT2D eigenvalue weighted by Crippen LogP contribution is 2.13. The first-order valence-corrected chi connectivity index (χ1v) is 7.60. The zero-order valence-corrected chi connectivity index (χ0v) is 13.2. The minimum atomic E-state index is -0.870. The number of halogens is 2. The molecule has 0 bridgehead atoms. The number of carbonyl (C=O) groups excluding carboxylic acids is 1. The highest BCUT2D eigenvalue weighted by atomic mass is 19.2. The van der Waals surface area contributed by atoms with Crippen molar-refractivity contribution in [1.29, 1.82) is 0 Å². The van der Waals surface area contributed by atoms with Crippen LogP contribution in [0.3, 0.4) is 0 Å². The van der Waals surface area contributed by atoms with Crippen molar-refractivity contribution in [3.05, 3.63) is 71.3 Å². The Labute approximate surface area is 134 Å². The van der Waals surface area contributed by atoms with Gasteiger partial charge in [0.2, 0.25) is 0 Å². The van der Waals surface area contributed by atoms with Crippen molar-refractivity contribution in [2.75, 3.05) is 6.54 Å². The molecule has 0 aliphatic rings. The van der Waals surface area contributed by atoms with Gasteiger partial charge in [-0.3, -0.25) is 4.79 Å². The summed E-state index contributed by atoms with van der Waals surface area (Å²) in [6.07, 6.45) is 0. The summed E-state index contributed by atoms with van der Waals surface area (Å²) in [5, 5.41) is 4.71. The van der Waals surface area contributed by atoms with Gasteiger partial charge in [-0.25, -0.2) is 8.78 Å². The Kier molecular flexibility index (Phi) is 5.82. The number of quaternary nitrogens is 1. The van der Waals surface area contributed by atoms with Crippen molar-refractivity contribution in [2.45, 2.75) is 25.9 Å². The van der Waals surface area contributed by atoms with E-state index in [4.69, 9.17) is 0 Å². The van der Waals surface area contributed by atoms with Crippen LogP contribution >= 0.6 is 0 Å². The molecule has 3 nitrogen and oxygen atoms in total. The van der Waals surface area contributed by atoms with Gasteiger partial charge in [0.1, 0.15) is 6.04 Å². The number of amides is 1. The Hall–Kier alpha value is -2.27. The molecule has 2 rings (SSSR count). The average Bonchev–Trinajstić information content (AvgIpc) is 2.56. The molecular formula is C18H21F2N2O+. The first kappa shape index (κ1) is 17.1. The van der Waals surface area contributed by atoms with Crippen molar-refractivity contribution in [2.24, 2.45) is 0 Å². The molecule has 0 saturated heterocycles. The fourth-order valence-electron chi connectivity index (χ4n) is 2.34. The highest BCUT2D eigenvalue weighted by molar-refractivity contribution is 5.77. The van der Waals surface area contributed by atoms with Gasteiger partial charge < -0.3 is 10.6 Å². The molecule has 0 saturated carbocycles. The Morgan fingerprint density at radius 2 is 1.74 bits per heavy atom. The van der Waals surface area contributed by atoms with Crippen LogP contribution in [0.15, 0.2) is 48.5 Å². The summed E-state index contributed by atoms with van der Waals surface area (Å²) in [5.74, 6) is -1.84. The average molecular weight is 319 g/mol. The Morgan fingerprint density at radius 1 is 1.04 bits per heavy atom. The van der Waals surface area contributed by atoms with E-state index in [1.165, 1.54) is 12.1 Å². The second kappa shape index (κ2) is 7.83. The van der Waals surface area contributed by atoms with E-state index < -0.39 is 11.6 Å². The van der Waals surface area contributed by atoms with Crippen molar-refractivity contribution in [3.63, 3.8) is 0 Å². The number of rotatable bonds is 6. The molecule has 5 heteroatoms. The zero-order valence-electron chi connectivity index (χ0n) is 13.2. The molecule has 0 heterocycles. The van der Waals surface area contributed by atoms with E-state index in [2.05, 4.69) is 5.32 Å². The number of hydrogen-bond acceptors (Lipinski definition) is 1. The largest absolute Gasteiger partial charge is 0.345 e. The molecule has 0 unspecified atom stereocenters. The molecule has 0 aromatic heterocycles. The van der Waals surface area contributed by atoms with Gasteiger partial charge in [0.25, 0.3) is 5.91 Å². The summed E-state index contributed by atoms with van der Waals surface area (Å²) in [5.41, 5.74) is 1.68. The third-order valence-corrected chi connectivity index (χ3v) is 3.80. The second-order valence-electron chi connectivity index (χ2n) is 5.60. The smallest absolute Gasteiger partial charge is 0.275 e. The predicted octanol–water partition coefficient (Wildman–Crippen LogP) is 2.47. The molecule has 0 radical (unpaired) electrons. The lowest BCUT2D eigenvalue weighted by molar-refractivity contribution is -0.682. The van der Waals surface area contributed by atoms with Gasteiger partial charge in [-0.15, -0.1) is 0 Å². The third kappa shape index (κ3) is 4.86. The van der Waals surface area contributed by atoms with Crippen LogP contribution in [0.2, 0.25) is 0 Å². The van der Waals surface area contributed by atoms with Gasteiger partial charge in [0.15, 0.2) is 18.2 Å². The minimum Gasteiger partial charge on any atom is -0.345 e. The molecule has 2 atom stereocenters. The molecular weight excluding hydrogens is 298 g/mol. The monoisotopic (exact) mass is 319 g/mol. The molecule has 0 fully saturated rings. The van der Waals surface area contributed by atoms with E-state index in [-0.39, 0.29) is 24.5 Å². The van der Waals surface area contributed by atoms with Crippen LogP contribution in [0.1, 0.15) is 37.1 Å². The van der Waals surface area contributed by atoms with E-state index in [0.29, 0.717) is 5.56 Å². The maximum absolute atomic E-state index is 13.2. The fourth-order valence-corrected chi connectivity index (χ4v) is 2.34. The van der Waals surface area contributed by atoms with Crippen molar-refractivity contribution in [1.82, 2.24) is 5.32 Å². The van der Waals surface area contributed by atoms with E-state index in [0.717, 1.165) is 11.6 Å². The second-order valence-corrected chi connectivity index (χ2v) is 5.60. The topological polar surface area (TPSA) is 45.7 Å². The van der Waals surface area contributed by atoms with Crippen molar-refractivity contribution < 1.29 is 18.9 Å². The molecule has 2 aromatic rings. The predicted molar refractivity (Wildman–Crippen MR) is 84.6 cm³/mol. The van der Waals surface area contributed by atoms with Crippen LogP contribution in [0.5, 0.6) is 0 Å². The third-order valence-electron chi connectivity index (χ3n) is 3.80. The minimum absolute atomic E-state index is 0.0735. The molecule has 3 N–H and O–H groups in total. The summed E-state index contributed by atoms with van der Waals surface area (Å²) in [6.45, 7) is 3.99. The van der Waals surface area contributed by atoms with Gasteiger partial charge in [-0.1, -0.05) is 30.3 Å². The van der Waals surface area contributed by atoms with Crippen LogP contribution in [-0.2, 0) is 4.79 Å². The van der Waals surface area contributed by atoms with E-state index in [1.54, 1.807) is 5.32 Å². The molecule has 0 aliphatic carbocycles. The van der Waals surface area contributed by atoms with Gasteiger partial charge in [-0.2, -0.15) is 0 Å². The summed E-state index contributed by atoms with van der Waals surface area (Å²) in [6, 6.07) is 13.3. The summed E-state index contributed by atoms with van der Waals surface area (Å²) in [4.78, 5) is 12.0. The van der Waals surface area contributed by atoms with Crippen LogP contribution in [0, 0.1) is 11.6 Å². The van der Waals surface area contributed by atoms with E-state index >= 15 is 0 Å². The highest BCUT2D eigenvalue weighted by Gasteiger charge is 2.15. The maximum atomic E-state index is 13.2. The number of benzene rings is 2. The van der Waals surface area contributed by atoms with Gasteiger partial charge in [0, 0.05) is 5.56 Å². The van der Waals surface area contributed by atoms with Crippen LogP contribution in [0.25, 0.3) is 0 Å². The Bertz CT molecular complexity index is 661. The van der Waals surface area contributed by atoms with Gasteiger partial charge >= 0.3 is 0 Å². The summed E-state index contributed by atoms with van der Waals surface area (Å²) >= 11 is 0. The fraction of sp³-hybridized carbons (Fsp3) is 0.278. The van der Waals surface area contributed by atoms with Crippen molar-refractivity contribution >= 4 is 5.91 Å². The van der Waals surface area contributed by atoms with Gasteiger partial charge in [-0.05, 0) is 37.6 Å². The normalized spacial score (nSPS) is 13.4. The molecule has 1 amide bonds. The number of nitrogens with one attached hydrogen (secondary N) is 1. The molecule has 2 aromatic carbocycles. The number of carbonyl (C=O) groups is 1. The summed E-state index contributed by atoms with van der Waals surface area (Å²) in [7, 11) is 0. The SMILES string of the molecule is C[C@H](NC(=O)C[NH2+][C@H](C)c1ccc(F)c(F)c1)c1ccccc1. The Morgan fingerprint density at radius 3 is 2.39 bits per heavy atom. The lowest BCUT2D eigenvalue weighted by atomic mass is 10.1. The standard InChI is InChI=1S/C18H20F2N2O/c1-12(15-8-9-16(19)17(20)10-15)21-11-18(23)22-13(2)14-6-4-3-5-7-14/h3-10,12-13,21H,11H2,1-2H3,(H,22,23)/p+1/t12-,13+/m1/s1. The first-order valence-electron chi connectivity index (χ1n) is 7.60. The van der Waals surface area contributed by atoms with Gasteiger partial charge in [0.05, 0.1) is 6.04 Å². The number of hydrogen-bond donors (Lipinski definition) is 2. The van der Waals surface area contributed by atoms with Crippen molar-refractivity contribution in [3.8, 4) is 0 Å². The quantitative estimate of drug-likeness (QED) is 0.844. The first-order chi connectivity index (χ1) is 11.0. The molecule has 0 aliphatic heterocycles. The lowest BCUT2D eigenvalue weighted by Crippen LogP contribution is -2.87. The molecule has 23 heavy (non-hydrogen) atoms. The Balaban J connectivity index is 1.85. The molecule has 122 valence electrons.